The van der Waals surface area contributed by atoms with Crippen LogP contribution in [0.2, 0.25) is 0 Å². The second kappa shape index (κ2) is 8.16. The second-order valence-electron chi connectivity index (χ2n) is 4.88. The van der Waals surface area contributed by atoms with E-state index in [1.54, 1.807) is 0 Å². The molecule has 96 valence electrons. The van der Waals surface area contributed by atoms with Gasteiger partial charge in [0, 0.05) is 0 Å². The van der Waals surface area contributed by atoms with Gasteiger partial charge in [-0.25, -0.2) is 0 Å². The molecule has 0 aliphatic heterocycles. The van der Waals surface area contributed by atoms with Crippen LogP contribution >= 0.6 is 0 Å². The predicted molar refractivity (Wildman–Crippen MR) is 74.6 cm³/mol. The summed E-state index contributed by atoms with van der Waals surface area (Å²) in [5, 5.41) is 9.95. The lowest BCUT2D eigenvalue weighted by Gasteiger charge is -2.07. The molecule has 1 aromatic rings. The molecule has 1 nitrogen and oxygen atoms in total. The van der Waals surface area contributed by atoms with E-state index in [1.807, 2.05) is 6.07 Å². The molecule has 1 aromatic carbocycles. The van der Waals surface area contributed by atoms with Crippen molar-refractivity contribution in [2.45, 2.75) is 65.2 Å². The number of aromatic hydroxyl groups is 1. The van der Waals surface area contributed by atoms with Crippen molar-refractivity contribution in [2.75, 3.05) is 0 Å². The second-order valence-corrected chi connectivity index (χ2v) is 4.88. The Morgan fingerprint density at radius 1 is 0.882 bits per heavy atom. The Balaban J connectivity index is 2.47. The van der Waals surface area contributed by atoms with Crippen LogP contribution in [0, 0.1) is 0 Å². The van der Waals surface area contributed by atoms with E-state index in [-0.39, 0.29) is 0 Å². The minimum atomic E-state index is 0.495. The summed E-state index contributed by atoms with van der Waals surface area (Å²) >= 11 is 0. The Labute approximate surface area is 106 Å². The van der Waals surface area contributed by atoms with Crippen molar-refractivity contribution in [3.8, 4) is 5.75 Å². The normalized spacial score (nSPS) is 10.7. The van der Waals surface area contributed by atoms with Crippen molar-refractivity contribution in [1.29, 1.82) is 0 Å². The number of phenolic OH excluding ortho intramolecular Hbond substituents is 1. The molecule has 1 heteroatoms. The molecule has 0 heterocycles. The van der Waals surface area contributed by atoms with Gasteiger partial charge in [-0.15, -0.1) is 0 Å². The highest BCUT2D eigenvalue weighted by atomic mass is 16.3. The van der Waals surface area contributed by atoms with E-state index >= 15 is 0 Å². The molecule has 0 aliphatic rings. The molecule has 1 N–H and O–H groups in total. The largest absolute Gasteiger partial charge is 0.508 e. The van der Waals surface area contributed by atoms with Crippen molar-refractivity contribution in [3.05, 3.63) is 29.3 Å². The fourth-order valence-corrected chi connectivity index (χ4v) is 2.12. The summed E-state index contributed by atoms with van der Waals surface area (Å²) in [7, 11) is 0. The first-order chi connectivity index (χ1) is 8.27. The first-order valence-corrected chi connectivity index (χ1v) is 7.08. The molecule has 0 spiro atoms. The summed E-state index contributed by atoms with van der Waals surface area (Å²) in [6.45, 7) is 4.42. The van der Waals surface area contributed by atoms with Gasteiger partial charge in [-0.3, -0.25) is 0 Å². The Bertz CT molecular complexity index is 317. The maximum absolute atomic E-state index is 9.95. The van der Waals surface area contributed by atoms with Gasteiger partial charge in [0.1, 0.15) is 5.75 Å². The van der Waals surface area contributed by atoms with Crippen LogP contribution in [0.4, 0.5) is 0 Å². The monoisotopic (exact) mass is 234 g/mol. The zero-order valence-corrected chi connectivity index (χ0v) is 11.3. The molecule has 0 aliphatic carbocycles. The molecular weight excluding hydrogens is 208 g/mol. The quantitative estimate of drug-likeness (QED) is 0.637. The highest BCUT2D eigenvalue weighted by Gasteiger charge is 2.02. The summed E-state index contributed by atoms with van der Waals surface area (Å²) in [5.41, 5.74) is 2.38. The number of unbranched alkanes of at least 4 members (excludes halogenated alkanes) is 4. The standard InChI is InChI=1S/C16H26O/c1-3-5-7-9-14-11-12-15(16(17)13-14)10-8-6-4-2/h11-13,17H,3-10H2,1-2H3. The van der Waals surface area contributed by atoms with Crippen molar-refractivity contribution in [2.24, 2.45) is 0 Å². The molecule has 0 saturated carbocycles. The average molecular weight is 234 g/mol. The van der Waals surface area contributed by atoms with Crippen LogP contribution in [0.1, 0.15) is 63.5 Å². The molecule has 0 radical (unpaired) electrons. The van der Waals surface area contributed by atoms with Crippen LogP contribution in [0.5, 0.6) is 5.75 Å². The summed E-state index contributed by atoms with van der Waals surface area (Å²) in [6, 6.07) is 6.24. The van der Waals surface area contributed by atoms with Gasteiger partial charge in [-0.2, -0.15) is 0 Å². The van der Waals surface area contributed by atoms with Crippen molar-refractivity contribution < 1.29 is 5.11 Å². The Kier molecular flexibility index (Phi) is 6.76. The lowest BCUT2D eigenvalue weighted by molar-refractivity contribution is 0.465. The van der Waals surface area contributed by atoms with E-state index in [0.717, 1.165) is 18.4 Å². The molecule has 0 amide bonds. The van der Waals surface area contributed by atoms with E-state index in [2.05, 4.69) is 26.0 Å². The third-order valence-corrected chi connectivity index (χ3v) is 3.27. The first-order valence-electron chi connectivity index (χ1n) is 7.08. The molecule has 0 unspecified atom stereocenters. The SMILES string of the molecule is CCCCCc1ccc(CCCCC)c(O)c1. The van der Waals surface area contributed by atoms with Crippen LogP contribution in [-0.2, 0) is 12.8 Å². The number of hydrogen-bond donors (Lipinski definition) is 1. The zero-order chi connectivity index (χ0) is 12.5. The maximum Gasteiger partial charge on any atom is 0.119 e. The van der Waals surface area contributed by atoms with E-state index in [1.165, 1.54) is 44.1 Å². The lowest BCUT2D eigenvalue weighted by atomic mass is 10.0. The van der Waals surface area contributed by atoms with Gasteiger partial charge in [0.05, 0.1) is 0 Å². The molecular formula is C16H26O. The Morgan fingerprint density at radius 2 is 1.53 bits per heavy atom. The van der Waals surface area contributed by atoms with Gasteiger partial charge in [-0.05, 0) is 42.9 Å². The number of hydrogen-bond acceptors (Lipinski definition) is 1. The van der Waals surface area contributed by atoms with Crippen LogP contribution < -0.4 is 0 Å². The number of aryl methyl sites for hydroxylation is 2. The molecule has 0 fully saturated rings. The molecule has 0 saturated heterocycles. The van der Waals surface area contributed by atoms with Crippen LogP contribution in [0.3, 0.4) is 0 Å². The minimum Gasteiger partial charge on any atom is -0.508 e. The average Bonchev–Trinajstić information content (AvgIpc) is 2.32. The fraction of sp³-hybridized carbons (Fsp3) is 0.625. The fourth-order valence-electron chi connectivity index (χ4n) is 2.12. The highest BCUT2D eigenvalue weighted by molar-refractivity contribution is 5.36. The van der Waals surface area contributed by atoms with E-state index in [9.17, 15) is 5.11 Å². The summed E-state index contributed by atoms with van der Waals surface area (Å²) in [6.07, 6.45) is 9.52. The molecule has 17 heavy (non-hydrogen) atoms. The zero-order valence-electron chi connectivity index (χ0n) is 11.3. The third-order valence-electron chi connectivity index (χ3n) is 3.27. The number of phenols is 1. The molecule has 0 atom stereocenters. The smallest absolute Gasteiger partial charge is 0.119 e. The third kappa shape index (κ3) is 5.25. The molecule has 0 aromatic heterocycles. The van der Waals surface area contributed by atoms with Gasteiger partial charge >= 0.3 is 0 Å². The van der Waals surface area contributed by atoms with Gasteiger partial charge < -0.3 is 5.11 Å². The summed E-state index contributed by atoms with van der Waals surface area (Å²) in [4.78, 5) is 0. The Hall–Kier alpha value is -0.980. The van der Waals surface area contributed by atoms with E-state index in [4.69, 9.17) is 0 Å². The summed E-state index contributed by atoms with van der Waals surface area (Å²) < 4.78 is 0. The van der Waals surface area contributed by atoms with Crippen molar-refractivity contribution in [1.82, 2.24) is 0 Å². The topological polar surface area (TPSA) is 20.2 Å². The van der Waals surface area contributed by atoms with Gasteiger partial charge in [-0.1, -0.05) is 51.7 Å². The van der Waals surface area contributed by atoms with Crippen molar-refractivity contribution in [3.63, 3.8) is 0 Å². The summed E-state index contributed by atoms with van der Waals surface area (Å²) in [5.74, 6) is 0.495. The predicted octanol–water partition coefficient (Wildman–Crippen LogP) is 4.86. The first kappa shape index (κ1) is 14.1. The van der Waals surface area contributed by atoms with Gasteiger partial charge in [0.15, 0.2) is 0 Å². The number of benzene rings is 1. The molecule has 1 rings (SSSR count). The lowest BCUT2D eigenvalue weighted by Crippen LogP contribution is -1.90. The van der Waals surface area contributed by atoms with E-state index < -0.39 is 0 Å². The van der Waals surface area contributed by atoms with Crippen LogP contribution in [-0.4, -0.2) is 5.11 Å². The number of rotatable bonds is 8. The Morgan fingerprint density at radius 3 is 2.12 bits per heavy atom. The van der Waals surface area contributed by atoms with E-state index in [0.29, 0.717) is 5.75 Å². The maximum atomic E-state index is 9.95. The van der Waals surface area contributed by atoms with Gasteiger partial charge in [0.25, 0.3) is 0 Å². The van der Waals surface area contributed by atoms with Gasteiger partial charge in [0.2, 0.25) is 0 Å². The van der Waals surface area contributed by atoms with Crippen LogP contribution in [0.25, 0.3) is 0 Å². The molecule has 0 bridgehead atoms. The minimum absolute atomic E-state index is 0.495. The van der Waals surface area contributed by atoms with Crippen LogP contribution in [0.15, 0.2) is 18.2 Å². The van der Waals surface area contributed by atoms with Crippen molar-refractivity contribution >= 4 is 0 Å². The highest BCUT2D eigenvalue weighted by Crippen LogP contribution is 2.22.